The molecule has 2 aromatic rings. The number of hydrogen-bond donors (Lipinski definition) is 2. The quantitative estimate of drug-likeness (QED) is 0.732. The van der Waals surface area contributed by atoms with Crippen molar-refractivity contribution in [3.05, 3.63) is 18.1 Å². The van der Waals surface area contributed by atoms with Crippen LogP contribution in [0, 0.1) is 6.92 Å². The molecule has 0 aromatic carbocycles. The molecular weight excluding hydrogens is 164 g/mol. The van der Waals surface area contributed by atoms with Crippen molar-refractivity contribution in [3.63, 3.8) is 0 Å². The monoisotopic (exact) mass is 176 g/mol. The Hall–Kier alpha value is -1.58. The van der Waals surface area contributed by atoms with Crippen LogP contribution in [0.4, 0.5) is 5.69 Å². The number of nitrogens with zero attached hydrogens (tertiary/aromatic N) is 2. The SMILES string of the molecule is CCNc1cc(C)nc2[nH]cnc12. The van der Waals surface area contributed by atoms with E-state index in [1.54, 1.807) is 6.33 Å². The number of anilines is 1. The van der Waals surface area contributed by atoms with Crippen LogP contribution in [0.25, 0.3) is 11.2 Å². The van der Waals surface area contributed by atoms with E-state index < -0.39 is 0 Å². The molecule has 0 saturated carbocycles. The van der Waals surface area contributed by atoms with Gasteiger partial charge in [-0.05, 0) is 19.9 Å². The van der Waals surface area contributed by atoms with Gasteiger partial charge in [-0.1, -0.05) is 0 Å². The van der Waals surface area contributed by atoms with E-state index in [0.717, 1.165) is 29.1 Å². The number of aryl methyl sites for hydroxylation is 1. The summed E-state index contributed by atoms with van der Waals surface area (Å²) in [6.45, 7) is 4.93. The van der Waals surface area contributed by atoms with Crippen LogP contribution in [0.15, 0.2) is 12.4 Å². The number of hydrogen-bond acceptors (Lipinski definition) is 3. The number of aromatic nitrogens is 3. The highest BCUT2D eigenvalue weighted by molar-refractivity contribution is 5.85. The lowest BCUT2D eigenvalue weighted by atomic mass is 10.3. The molecule has 2 rings (SSSR count). The van der Waals surface area contributed by atoms with E-state index in [9.17, 15) is 0 Å². The van der Waals surface area contributed by atoms with Crippen molar-refractivity contribution in [1.29, 1.82) is 0 Å². The lowest BCUT2D eigenvalue weighted by Gasteiger charge is -2.04. The van der Waals surface area contributed by atoms with E-state index in [-0.39, 0.29) is 0 Å². The highest BCUT2D eigenvalue weighted by Gasteiger charge is 2.04. The van der Waals surface area contributed by atoms with Gasteiger partial charge in [0.15, 0.2) is 5.65 Å². The lowest BCUT2D eigenvalue weighted by Crippen LogP contribution is -1.98. The van der Waals surface area contributed by atoms with Crippen molar-refractivity contribution in [2.24, 2.45) is 0 Å². The number of rotatable bonds is 2. The topological polar surface area (TPSA) is 53.6 Å². The third kappa shape index (κ3) is 1.35. The van der Waals surface area contributed by atoms with Crippen LogP contribution >= 0.6 is 0 Å². The van der Waals surface area contributed by atoms with Gasteiger partial charge in [0.2, 0.25) is 0 Å². The molecule has 0 aliphatic carbocycles. The molecule has 0 spiro atoms. The van der Waals surface area contributed by atoms with E-state index in [0.29, 0.717) is 0 Å². The molecule has 2 aromatic heterocycles. The minimum atomic E-state index is 0.843. The summed E-state index contributed by atoms with van der Waals surface area (Å²) < 4.78 is 0. The van der Waals surface area contributed by atoms with Gasteiger partial charge in [-0.15, -0.1) is 0 Å². The second-order valence-corrected chi connectivity index (χ2v) is 2.94. The third-order valence-corrected chi connectivity index (χ3v) is 1.88. The minimum Gasteiger partial charge on any atom is -0.383 e. The largest absolute Gasteiger partial charge is 0.383 e. The van der Waals surface area contributed by atoms with Gasteiger partial charge >= 0.3 is 0 Å². The maximum atomic E-state index is 4.32. The molecule has 4 heteroatoms. The van der Waals surface area contributed by atoms with Crippen LogP contribution < -0.4 is 5.32 Å². The molecule has 0 aliphatic rings. The smallest absolute Gasteiger partial charge is 0.159 e. The average Bonchev–Trinajstić information content (AvgIpc) is 2.52. The highest BCUT2D eigenvalue weighted by atomic mass is 15.0. The molecule has 68 valence electrons. The Morgan fingerprint density at radius 3 is 3.15 bits per heavy atom. The summed E-state index contributed by atoms with van der Waals surface area (Å²) in [6.07, 6.45) is 1.66. The molecule has 0 unspecified atom stereocenters. The van der Waals surface area contributed by atoms with Crippen LogP contribution in [0.1, 0.15) is 12.6 Å². The van der Waals surface area contributed by atoms with E-state index in [4.69, 9.17) is 0 Å². The zero-order chi connectivity index (χ0) is 9.26. The number of H-pyrrole nitrogens is 1. The van der Waals surface area contributed by atoms with Gasteiger partial charge < -0.3 is 10.3 Å². The van der Waals surface area contributed by atoms with Gasteiger partial charge in [0, 0.05) is 12.2 Å². The predicted octanol–water partition coefficient (Wildman–Crippen LogP) is 1.70. The minimum absolute atomic E-state index is 0.843. The van der Waals surface area contributed by atoms with Crippen LogP contribution in [0.5, 0.6) is 0 Å². The Labute approximate surface area is 76.4 Å². The Morgan fingerprint density at radius 1 is 1.54 bits per heavy atom. The molecule has 0 amide bonds. The molecule has 0 atom stereocenters. The molecule has 0 fully saturated rings. The van der Waals surface area contributed by atoms with Crippen molar-refractivity contribution in [3.8, 4) is 0 Å². The molecule has 2 N–H and O–H groups in total. The van der Waals surface area contributed by atoms with Crippen LogP contribution in [0.2, 0.25) is 0 Å². The fourth-order valence-electron chi connectivity index (χ4n) is 1.38. The van der Waals surface area contributed by atoms with Gasteiger partial charge in [0.1, 0.15) is 5.52 Å². The van der Waals surface area contributed by atoms with E-state index >= 15 is 0 Å². The zero-order valence-electron chi connectivity index (χ0n) is 7.76. The summed E-state index contributed by atoms with van der Waals surface area (Å²) in [6, 6.07) is 2.01. The van der Waals surface area contributed by atoms with Crippen LogP contribution in [-0.4, -0.2) is 21.5 Å². The van der Waals surface area contributed by atoms with Gasteiger partial charge in [-0.2, -0.15) is 0 Å². The first kappa shape index (κ1) is 8.04. The zero-order valence-corrected chi connectivity index (χ0v) is 7.76. The first-order valence-electron chi connectivity index (χ1n) is 4.36. The molecule has 0 bridgehead atoms. The first-order valence-corrected chi connectivity index (χ1v) is 4.36. The van der Waals surface area contributed by atoms with Crippen LogP contribution in [0.3, 0.4) is 0 Å². The Balaban J connectivity index is 2.63. The summed E-state index contributed by atoms with van der Waals surface area (Å²) in [5, 5.41) is 3.25. The van der Waals surface area contributed by atoms with E-state index in [1.807, 2.05) is 13.0 Å². The molecule has 0 saturated heterocycles. The van der Waals surface area contributed by atoms with Gasteiger partial charge in [-0.25, -0.2) is 9.97 Å². The van der Waals surface area contributed by atoms with Gasteiger partial charge in [0.05, 0.1) is 12.0 Å². The Bertz CT molecular complexity index is 418. The number of pyridine rings is 1. The van der Waals surface area contributed by atoms with Crippen molar-refractivity contribution >= 4 is 16.9 Å². The Morgan fingerprint density at radius 2 is 2.38 bits per heavy atom. The summed E-state index contributed by atoms with van der Waals surface area (Å²) in [4.78, 5) is 11.5. The maximum absolute atomic E-state index is 4.32. The number of aromatic amines is 1. The number of fused-ring (bicyclic) bond motifs is 1. The average molecular weight is 176 g/mol. The van der Waals surface area contributed by atoms with Crippen molar-refractivity contribution in [1.82, 2.24) is 15.0 Å². The normalized spacial score (nSPS) is 10.6. The first-order chi connectivity index (χ1) is 6.31. The molecular formula is C9H12N4. The number of nitrogens with one attached hydrogen (secondary N) is 2. The third-order valence-electron chi connectivity index (χ3n) is 1.88. The molecule has 0 radical (unpaired) electrons. The molecule has 2 heterocycles. The summed E-state index contributed by atoms with van der Waals surface area (Å²) in [7, 11) is 0. The molecule has 4 nitrogen and oxygen atoms in total. The standard InChI is InChI=1S/C9H12N4/c1-3-10-7-4-6(2)13-9-8(7)11-5-12-9/h4-5H,3H2,1-2H3,(H2,10,11,12,13). The Kier molecular flexibility index (Phi) is 1.88. The van der Waals surface area contributed by atoms with E-state index in [1.165, 1.54) is 0 Å². The van der Waals surface area contributed by atoms with Gasteiger partial charge in [-0.3, -0.25) is 0 Å². The molecule has 0 aliphatic heterocycles. The van der Waals surface area contributed by atoms with Crippen LogP contribution in [-0.2, 0) is 0 Å². The fraction of sp³-hybridized carbons (Fsp3) is 0.333. The lowest BCUT2D eigenvalue weighted by molar-refractivity contribution is 1.18. The predicted molar refractivity (Wildman–Crippen MR) is 52.8 cm³/mol. The molecule has 13 heavy (non-hydrogen) atoms. The summed E-state index contributed by atoms with van der Waals surface area (Å²) in [5.41, 5.74) is 3.79. The van der Waals surface area contributed by atoms with Crippen molar-refractivity contribution < 1.29 is 0 Å². The fourth-order valence-corrected chi connectivity index (χ4v) is 1.38. The second kappa shape index (κ2) is 3.05. The number of imidazole rings is 1. The van der Waals surface area contributed by atoms with Crippen molar-refractivity contribution in [2.45, 2.75) is 13.8 Å². The summed E-state index contributed by atoms with van der Waals surface area (Å²) >= 11 is 0. The maximum Gasteiger partial charge on any atom is 0.159 e. The van der Waals surface area contributed by atoms with Crippen molar-refractivity contribution in [2.75, 3.05) is 11.9 Å². The van der Waals surface area contributed by atoms with Gasteiger partial charge in [0.25, 0.3) is 0 Å². The second-order valence-electron chi connectivity index (χ2n) is 2.94. The highest BCUT2D eigenvalue weighted by Crippen LogP contribution is 2.19. The van der Waals surface area contributed by atoms with E-state index in [2.05, 4.69) is 27.2 Å². The summed E-state index contributed by atoms with van der Waals surface area (Å²) in [5.74, 6) is 0.